The second kappa shape index (κ2) is 5.29. The number of thiophene rings is 1. The summed E-state index contributed by atoms with van der Waals surface area (Å²) in [5.41, 5.74) is 2.52. The fourth-order valence-corrected chi connectivity index (χ4v) is 4.53. The van der Waals surface area contributed by atoms with E-state index in [4.69, 9.17) is 11.6 Å². The predicted molar refractivity (Wildman–Crippen MR) is 78.7 cm³/mol. The molecule has 0 spiro atoms. The van der Waals surface area contributed by atoms with Crippen LogP contribution in [-0.4, -0.2) is 4.98 Å². The molecule has 1 N–H and O–H groups in total. The fraction of sp³-hybridized carbons (Fsp3) is 0.462. The lowest BCUT2D eigenvalue weighted by Crippen LogP contribution is -2.23. The van der Waals surface area contributed by atoms with Gasteiger partial charge in [0.1, 0.15) is 5.01 Å². The summed E-state index contributed by atoms with van der Waals surface area (Å²) in [7, 11) is 0. The van der Waals surface area contributed by atoms with Crippen molar-refractivity contribution in [3.05, 3.63) is 36.9 Å². The van der Waals surface area contributed by atoms with Gasteiger partial charge in [-0.1, -0.05) is 11.6 Å². The average Bonchev–Trinajstić information content (AvgIpc) is 2.91. The van der Waals surface area contributed by atoms with Gasteiger partial charge in [0, 0.05) is 28.5 Å². The Labute approximate surface area is 120 Å². The topological polar surface area (TPSA) is 24.9 Å². The Bertz CT molecular complexity index is 547. The van der Waals surface area contributed by atoms with Gasteiger partial charge in [-0.15, -0.1) is 22.7 Å². The second-order valence-corrected chi connectivity index (χ2v) is 7.35. The zero-order chi connectivity index (χ0) is 12.5. The van der Waals surface area contributed by atoms with Crippen molar-refractivity contribution < 1.29 is 0 Å². The van der Waals surface area contributed by atoms with E-state index in [0.29, 0.717) is 6.04 Å². The highest BCUT2D eigenvalue weighted by Crippen LogP contribution is 2.37. The summed E-state index contributed by atoms with van der Waals surface area (Å²) < 4.78 is 0.916. The molecule has 18 heavy (non-hydrogen) atoms. The molecular weight excluding hydrogens is 284 g/mol. The van der Waals surface area contributed by atoms with Gasteiger partial charge in [0.2, 0.25) is 0 Å². The summed E-state index contributed by atoms with van der Waals surface area (Å²) in [5, 5.41) is 6.89. The smallest absolute Gasteiger partial charge is 0.107 e. The van der Waals surface area contributed by atoms with Crippen LogP contribution in [0.25, 0.3) is 0 Å². The SMILES string of the molecule is Cc1csc(CNC2CCCc3sc(Cl)cc32)n1. The third-order valence-electron chi connectivity index (χ3n) is 3.25. The maximum atomic E-state index is 6.12. The van der Waals surface area contributed by atoms with Crippen molar-refractivity contribution in [2.75, 3.05) is 0 Å². The van der Waals surface area contributed by atoms with Gasteiger partial charge in [0.15, 0.2) is 0 Å². The molecule has 1 unspecified atom stereocenters. The average molecular weight is 299 g/mol. The molecule has 2 aromatic heterocycles. The Morgan fingerprint density at radius 1 is 1.56 bits per heavy atom. The van der Waals surface area contributed by atoms with Crippen molar-refractivity contribution in [2.24, 2.45) is 0 Å². The lowest BCUT2D eigenvalue weighted by Gasteiger charge is -2.23. The molecule has 1 aliphatic carbocycles. The molecule has 0 saturated heterocycles. The van der Waals surface area contributed by atoms with Crippen molar-refractivity contribution in [3.8, 4) is 0 Å². The molecule has 5 heteroatoms. The van der Waals surface area contributed by atoms with Crippen LogP contribution in [0.5, 0.6) is 0 Å². The predicted octanol–water partition coefficient (Wildman–Crippen LogP) is 4.33. The summed E-state index contributed by atoms with van der Waals surface area (Å²) in [5.74, 6) is 0. The molecule has 3 rings (SSSR count). The molecule has 0 bridgehead atoms. The van der Waals surface area contributed by atoms with Gasteiger partial charge >= 0.3 is 0 Å². The standard InChI is InChI=1S/C13H15ClN2S2/c1-8-7-17-13(16-8)6-15-10-3-2-4-11-9(10)5-12(14)18-11/h5,7,10,15H,2-4,6H2,1H3. The van der Waals surface area contributed by atoms with E-state index in [1.807, 2.05) is 6.92 Å². The lowest BCUT2D eigenvalue weighted by molar-refractivity contribution is 0.462. The first kappa shape index (κ1) is 12.6. The van der Waals surface area contributed by atoms with E-state index in [0.717, 1.165) is 16.6 Å². The monoisotopic (exact) mass is 298 g/mol. The quantitative estimate of drug-likeness (QED) is 0.912. The molecule has 1 atom stereocenters. The first-order chi connectivity index (χ1) is 8.72. The Balaban J connectivity index is 1.70. The van der Waals surface area contributed by atoms with Crippen LogP contribution in [0.15, 0.2) is 11.4 Å². The Morgan fingerprint density at radius 2 is 2.44 bits per heavy atom. The van der Waals surface area contributed by atoms with Crippen LogP contribution in [0, 0.1) is 6.92 Å². The minimum atomic E-state index is 0.446. The minimum Gasteiger partial charge on any atom is -0.304 e. The van der Waals surface area contributed by atoms with E-state index in [1.54, 1.807) is 22.7 Å². The minimum absolute atomic E-state index is 0.446. The van der Waals surface area contributed by atoms with Gasteiger partial charge in [-0.3, -0.25) is 0 Å². The van der Waals surface area contributed by atoms with Crippen molar-refractivity contribution >= 4 is 34.3 Å². The summed E-state index contributed by atoms with van der Waals surface area (Å²) in [4.78, 5) is 5.95. The lowest BCUT2D eigenvalue weighted by atomic mass is 9.94. The molecule has 0 saturated carbocycles. The Hall–Kier alpha value is -0.420. The van der Waals surface area contributed by atoms with Crippen LogP contribution in [0.3, 0.4) is 0 Å². The van der Waals surface area contributed by atoms with Gasteiger partial charge in [-0.25, -0.2) is 4.98 Å². The molecule has 0 radical (unpaired) electrons. The van der Waals surface area contributed by atoms with Crippen molar-refractivity contribution in [2.45, 2.75) is 38.8 Å². The number of rotatable bonds is 3. The van der Waals surface area contributed by atoms with Crippen LogP contribution in [0.4, 0.5) is 0 Å². The molecule has 0 amide bonds. The number of nitrogens with zero attached hydrogens (tertiary/aromatic N) is 1. The normalized spacial score (nSPS) is 18.9. The highest BCUT2D eigenvalue weighted by atomic mass is 35.5. The largest absolute Gasteiger partial charge is 0.304 e. The molecule has 2 aromatic rings. The summed E-state index contributed by atoms with van der Waals surface area (Å²) in [6.45, 7) is 2.90. The number of aromatic nitrogens is 1. The van der Waals surface area contributed by atoms with E-state index in [9.17, 15) is 0 Å². The van der Waals surface area contributed by atoms with E-state index < -0.39 is 0 Å². The van der Waals surface area contributed by atoms with Crippen LogP contribution in [0.2, 0.25) is 4.34 Å². The summed E-state index contributed by atoms with van der Waals surface area (Å²) >= 11 is 9.58. The number of thiazole rings is 1. The van der Waals surface area contributed by atoms with E-state index in [1.165, 1.54) is 34.7 Å². The number of fused-ring (bicyclic) bond motifs is 1. The van der Waals surface area contributed by atoms with Crippen molar-refractivity contribution in [1.82, 2.24) is 10.3 Å². The molecular formula is C13H15ClN2S2. The molecule has 0 aromatic carbocycles. The van der Waals surface area contributed by atoms with Gasteiger partial charge in [-0.2, -0.15) is 0 Å². The summed E-state index contributed by atoms with van der Waals surface area (Å²) in [6, 6.07) is 2.58. The maximum Gasteiger partial charge on any atom is 0.107 e. The first-order valence-corrected chi connectivity index (χ1v) is 8.22. The summed E-state index contributed by atoms with van der Waals surface area (Å²) in [6.07, 6.45) is 3.63. The fourth-order valence-electron chi connectivity index (χ4n) is 2.43. The molecule has 1 aliphatic rings. The van der Waals surface area contributed by atoms with E-state index in [2.05, 4.69) is 21.7 Å². The number of hydrogen-bond donors (Lipinski definition) is 1. The van der Waals surface area contributed by atoms with Crippen LogP contribution in [-0.2, 0) is 13.0 Å². The molecule has 2 heterocycles. The van der Waals surface area contributed by atoms with E-state index in [-0.39, 0.29) is 0 Å². The van der Waals surface area contributed by atoms with Crippen LogP contribution in [0.1, 0.15) is 40.0 Å². The molecule has 0 aliphatic heterocycles. The second-order valence-electron chi connectivity index (χ2n) is 4.64. The number of hydrogen-bond acceptors (Lipinski definition) is 4. The van der Waals surface area contributed by atoms with Gasteiger partial charge in [0.05, 0.1) is 4.34 Å². The Morgan fingerprint density at radius 3 is 3.22 bits per heavy atom. The van der Waals surface area contributed by atoms with Gasteiger partial charge in [-0.05, 0) is 37.8 Å². The van der Waals surface area contributed by atoms with E-state index >= 15 is 0 Å². The zero-order valence-corrected chi connectivity index (χ0v) is 12.6. The van der Waals surface area contributed by atoms with Gasteiger partial charge in [0.25, 0.3) is 0 Å². The number of halogens is 1. The van der Waals surface area contributed by atoms with Crippen molar-refractivity contribution in [1.29, 1.82) is 0 Å². The highest BCUT2D eigenvalue weighted by molar-refractivity contribution is 7.16. The third-order valence-corrected chi connectivity index (χ3v) is 5.56. The van der Waals surface area contributed by atoms with Gasteiger partial charge < -0.3 is 5.32 Å². The van der Waals surface area contributed by atoms with Crippen LogP contribution >= 0.6 is 34.3 Å². The van der Waals surface area contributed by atoms with Crippen LogP contribution < -0.4 is 5.32 Å². The molecule has 0 fully saturated rings. The zero-order valence-electron chi connectivity index (χ0n) is 10.2. The molecule has 2 nitrogen and oxygen atoms in total. The Kier molecular flexibility index (Phi) is 3.71. The number of aryl methyl sites for hydroxylation is 2. The highest BCUT2D eigenvalue weighted by Gasteiger charge is 2.22. The maximum absolute atomic E-state index is 6.12. The first-order valence-electron chi connectivity index (χ1n) is 6.15. The number of nitrogens with one attached hydrogen (secondary N) is 1. The van der Waals surface area contributed by atoms with Crippen molar-refractivity contribution in [3.63, 3.8) is 0 Å². The third kappa shape index (κ3) is 2.62. The molecule has 96 valence electrons.